The molecule has 158 valence electrons. The summed E-state index contributed by atoms with van der Waals surface area (Å²) in [7, 11) is 1.68. The summed E-state index contributed by atoms with van der Waals surface area (Å²) in [5.74, 6) is 1.74. The van der Waals surface area contributed by atoms with Crippen LogP contribution in [0.5, 0.6) is 5.75 Å². The van der Waals surface area contributed by atoms with Crippen LogP contribution in [0.2, 0.25) is 5.15 Å². The molecule has 0 amide bonds. The monoisotopic (exact) mass is 433 g/mol. The average Bonchev–Trinajstić information content (AvgIpc) is 3.18. The maximum atomic E-state index is 6.50. The van der Waals surface area contributed by atoms with Crippen molar-refractivity contribution in [3.63, 3.8) is 0 Å². The lowest BCUT2D eigenvalue weighted by molar-refractivity contribution is 0.414. The number of benzene rings is 2. The van der Waals surface area contributed by atoms with Crippen molar-refractivity contribution in [1.29, 1.82) is 0 Å². The van der Waals surface area contributed by atoms with Crippen LogP contribution < -0.4 is 15.0 Å². The zero-order valence-corrected chi connectivity index (χ0v) is 18.1. The maximum Gasteiger partial charge on any atom is 0.156 e. The fraction of sp³-hybridized carbons (Fsp3) is 0.250. The number of nitrogens with one attached hydrogen (secondary N) is 1. The number of piperazine rings is 1. The van der Waals surface area contributed by atoms with Crippen molar-refractivity contribution >= 4 is 28.3 Å². The number of rotatable bonds is 5. The zero-order chi connectivity index (χ0) is 21.2. The molecule has 0 bridgehead atoms. The van der Waals surface area contributed by atoms with Crippen LogP contribution >= 0.6 is 11.6 Å². The van der Waals surface area contributed by atoms with Gasteiger partial charge in [0, 0.05) is 37.1 Å². The lowest BCUT2D eigenvalue weighted by atomic mass is 10.1. The van der Waals surface area contributed by atoms with E-state index in [1.807, 2.05) is 36.4 Å². The van der Waals surface area contributed by atoms with E-state index >= 15 is 0 Å². The zero-order valence-electron chi connectivity index (χ0n) is 17.4. The van der Waals surface area contributed by atoms with Crippen molar-refractivity contribution in [2.75, 3.05) is 38.2 Å². The molecule has 3 heterocycles. The van der Waals surface area contributed by atoms with E-state index in [1.54, 1.807) is 7.11 Å². The molecule has 2 aromatic heterocycles. The molecule has 0 unspecified atom stereocenters. The SMILES string of the molecule is COc1ccc(Cn2nc(-c3ccccc3)c3cc(Cl)nc(N4CCNCC4)c32)cc1. The van der Waals surface area contributed by atoms with Crippen LogP contribution in [0.3, 0.4) is 0 Å². The van der Waals surface area contributed by atoms with Gasteiger partial charge in [-0.15, -0.1) is 0 Å². The summed E-state index contributed by atoms with van der Waals surface area (Å²) < 4.78 is 7.36. The van der Waals surface area contributed by atoms with Crippen molar-refractivity contribution in [2.24, 2.45) is 0 Å². The van der Waals surface area contributed by atoms with Gasteiger partial charge in [-0.1, -0.05) is 54.1 Å². The van der Waals surface area contributed by atoms with Gasteiger partial charge in [-0.3, -0.25) is 4.68 Å². The molecule has 1 fully saturated rings. The van der Waals surface area contributed by atoms with Gasteiger partial charge in [-0.05, 0) is 23.8 Å². The van der Waals surface area contributed by atoms with E-state index in [4.69, 9.17) is 26.4 Å². The lowest BCUT2D eigenvalue weighted by Gasteiger charge is -2.29. The number of ether oxygens (including phenoxy) is 1. The maximum absolute atomic E-state index is 6.50. The molecule has 6 nitrogen and oxygen atoms in total. The first-order valence-electron chi connectivity index (χ1n) is 10.4. The Hall–Kier alpha value is -3.09. The van der Waals surface area contributed by atoms with E-state index in [-0.39, 0.29) is 0 Å². The van der Waals surface area contributed by atoms with Crippen molar-refractivity contribution in [2.45, 2.75) is 6.54 Å². The molecule has 0 aliphatic carbocycles. The molecule has 0 radical (unpaired) electrons. The number of anilines is 1. The van der Waals surface area contributed by atoms with Crippen LogP contribution in [-0.4, -0.2) is 48.1 Å². The van der Waals surface area contributed by atoms with E-state index in [0.29, 0.717) is 11.7 Å². The van der Waals surface area contributed by atoms with Crippen LogP contribution in [0.15, 0.2) is 60.7 Å². The van der Waals surface area contributed by atoms with Crippen molar-refractivity contribution in [3.8, 4) is 17.0 Å². The Morgan fingerprint density at radius 3 is 2.48 bits per heavy atom. The molecule has 2 aromatic carbocycles. The topological polar surface area (TPSA) is 55.2 Å². The molecule has 1 N–H and O–H groups in total. The second kappa shape index (κ2) is 8.57. The summed E-state index contributed by atoms with van der Waals surface area (Å²) in [4.78, 5) is 7.04. The van der Waals surface area contributed by atoms with Gasteiger partial charge in [-0.2, -0.15) is 5.10 Å². The number of fused-ring (bicyclic) bond motifs is 1. The fourth-order valence-electron chi connectivity index (χ4n) is 4.08. The number of hydrogen-bond acceptors (Lipinski definition) is 5. The van der Waals surface area contributed by atoms with Crippen LogP contribution in [-0.2, 0) is 6.54 Å². The highest BCUT2D eigenvalue weighted by atomic mass is 35.5. The third-order valence-electron chi connectivity index (χ3n) is 5.63. The third-order valence-corrected chi connectivity index (χ3v) is 5.83. The van der Waals surface area contributed by atoms with Crippen LogP contribution in [0.1, 0.15) is 5.56 Å². The van der Waals surface area contributed by atoms with Crippen molar-refractivity contribution < 1.29 is 4.74 Å². The largest absolute Gasteiger partial charge is 0.497 e. The third kappa shape index (κ3) is 3.96. The second-order valence-electron chi connectivity index (χ2n) is 7.62. The summed E-state index contributed by atoms with van der Waals surface area (Å²) in [6, 6.07) is 20.3. The number of halogens is 1. The van der Waals surface area contributed by atoms with Gasteiger partial charge < -0.3 is 15.0 Å². The minimum absolute atomic E-state index is 0.488. The first-order chi connectivity index (χ1) is 15.2. The van der Waals surface area contributed by atoms with Gasteiger partial charge in [0.2, 0.25) is 0 Å². The van der Waals surface area contributed by atoms with E-state index < -0.39 is 0 Å². The Kier molecular flexibility index (Phi) is 5.49. The molecular formula is C24H24ClN5O. The molecule has 0 spiro atoms. The van der Waals surface area contributed by atoms with Crippen LogP contribution in [0.4, 0.5) is 5.82 Å². The molecule has 1 aliphatic heterocycles. The standard InChI is InChI=1S/C24H24ClN5O/c1-31-19-9-7-17(8-10-19)16-30-23-20(22(28-30)18-5-3-2-4-6-18)15-21(25)27-24(23)29-13-11-26-12-14-29/h2-10,15,26H,11-14,16H2,1H3. The highest BCUT2D eigenvalue weighted by Gasteiger charge is 2.22. The van der Waals surface area contributed by atoms with Gasteiger partial charge in [0.1, 0.15) is 22.1 Å². The lowest BCUT2D eigenvalue weighted by Crippen LogP contribution is -2.44. The predicted octanol–water partition coefficient (Wildman–Crippen LogP) is 4.22. The van der Waals surface area contributed by atoms with Gasteiger partial charge in [0.05, 0.1) is 13.7 Å². The molecule has 0 saturated carbocycles. The van der Waals surface area contributed by atoms with Crippen molar-refractivity contribution in [1.82, 2.24) is 20.1 Å². The van der Waals surface area contributed by atoms with Crippen LogP contribution in [0, 0.1) is 0 Å². The summed E-state index contributed by atoms with van der Waals surface area (Å²) in [5, 5.41) is 9.95. The molecule has 1 saturated heterocycles. The van der Waals surface area contributed by atoms with E-state index in [0.717, 1.165) is 65.5 Å². The fourth-order valence-corrected chi connectivity index (χ4v) is 4.27. The second-order valence-corrected chi connectivity index (χ2v) is 8.01. The Labute approximate surface area is 186 Å². The summed E-state index contributed by atoms with van der Waals surface area (Å²) >= 11 is 6.50. The molecule has 31 heavy (non-hydrogen) atoms. The Morgan fingerprint density at radius 1 is 1.03 bits per heavy atom. The predicted molar refractivity (Wildman–Crippen MR) is 125 cm³/mol. The Morgan fingerprint density at radius 2 is 1.77 bits per heavy atom. The summed E-state index contributed by atoms with van der Waals surface area (Å²) in [5.41, 5.74) is 4.14. The number of methoxy groups -OCH3 is 1. The highest BCUT2D eigenvalue weighted by Crippen LogP contribution is 2.35. The van der Waals surface area contributed by atoms with E-state index in [1.165, 1.54) is 0 Å². The molecule has 1 aliphatic rings. The number of aromatic nitrogens is 3. The minimum atomic E-state index is 0.488. The van der Waals surface area contributed by atoms with E-state index in [9.17, 15) is 0 Å². The molecule has 5 rings (SSSR count). The molecule has 0 atom stereocenters. The quantitative estimate of drug-likeness (QED) is 0.477. The first kappa shape index (κ1) is 19.8. The number of hydrogen-bond donors (Lipinski definition) is 1. The average molecular weight is 434 g/mol. The van der Waals surface area contributed by atoms with Gasteiger partial charge in [0.25, 0.3) is 0 Å². The minimum Gasteiger partial charge on any atom is -0.497 e. The molecular weight excluding hydrogens is 410 g/mol. The summed E-state index contributed by atoms with van der Waals surface area (Å²) in [6.45, 7) is 4.26. The van der Waals surface area contributed by atoms with Crippen LogP contribution in [0.25, 0.3) is 22.2 Å². The number of nitrogens with zero attached hydrogens (tertiary/aromatic N) is 4. The van der Waals surface area contributed by atoms with E-state index in [2.05, 4.69) is 39.2 Å². The summed E-state index contributed by atoms with van der Waals surface area (Å²) in [6.07, 6.45) is 0. The van der Waals surface area contributed by atoms with Gasteiger partial charge in [-0.25, -0.2) is 4.98 Å². The van der Waals surface area contributed by atoms with Gasteiger partial charge >= 0.3 is 0 Å². The Bertz CT molecular complexity index is 1180. The molecule has 7 heteroatoms. The first-order valence-corrected chi connectivity index (χ1v) is 10.8. The number of pyridine rings is 1. The highest BCUT2D eigenvalue weighted by molar-refractivity contribution is 6.30. The Balaban J connectivity index is 1.68. The normalized spacial score (nSPS) is 14.2. The smallest absolute Gasteiger partial charge is 0.156 e. The van der Waals surface area contributed by atoms with Crippen molar-refractivity contribution in [3.05, 3.63) is 71.4 Å². The van der Waals surface area contributed by atoms with Gasteiger partial charge in [0.15, 0.2) is 5.82 Å². The molecule has 4 aromatic rings.